The Morgan fingerprint density at radius 3 is 2.26 bits per heavy atom. The van der Waals surface area contributed by atoms with Crippen molar-refractivity contribution in [2.75, 3.05) is 18.8 Å². The molecule has 2 rings (SSSR count). The number of nitrogen functional groups attached to an aromatic ring is 1. The summed E-state index contributed by atoms with van der Waals surface area (Å²) < 4.78 is 0. The first kappa shape index (κ1) is 13.2. The minimum absolute atomic E-state index is 0.00229. The first-order valence-corrected chi connectivity index (χ1v) is 6.27. The highest BCUT2D eigenvalue weighted by atomic mass is 16.2. The monoisotopic (exact) mass is 262 g/mol. The Morgan fingerprint density at radius 2 is 1.74 bits per heavy atom. The van der Waals surface area contributed by atoms with E-state index >= 15 is 0 Å². The number of benzene rings is 1. The van der Waals surface area contributed by atoms with Crippen LogP contribution in [0.3, 0.4) is 0 Å². The van der Waals surface area contributed by atoms with Gasteiger partial charge in [0.15, 0.2) is 0 Å². The highest BCUT2D eigenvalue weighted by molar-refractivity contribution is 5.94. The van der Waals surface area contributed by atoms with Gasteiger partial charge in [0.05, 0.1) is 0 Å². The van der Waals surface area contributed by atoms with Crippen molar-refractivity contribution in [3.8, 4) is 0 Å². The largest absolute Gasteiger partial charge is 0.399 e. The van der Waals surface area contributed by atoms with E-state index in [4.69, 9.17) is 11.5 Å². The lowest BCUT2D eigenvalue weighted by molar-refractivity contribution is 0.0709. The molecule has 1 saturated heterocycles. The molecule has 1 heterocycles. The molecule has 0 radical (unpaired) electrons. The van der Waals surface area contributed by atoms with E-state index in [0.29, 0.717) is 24.3 Å². The topological polar surface area (TPSA) is 101 Å². The van der Waals surface area contributed by atoms with Crippen LogP contribution in [0.25, 0.3) is 0 Å². The van der Waals surface area contributed by atoms with Gasteiger partial charge in [0.25, 0.3) is 5.91 Å². The van der Waals surface area contributed by atoms with E-state index in [1.165, 1.54) is 0 Å². The van der Waals surface area contributed by atoms with Gasteiger partial charge in [0, 0.05) is 30.4 Å². The van der Waals surface area contributed by atoms with Gasteiger partial charge < -0.3 is 21.7 Å². The molecule has 0 spiro atoms. The van der Waals surface area contributed by atoms with Crippen molar-refractivity contribution in [3.05, 3.63) is 29.8 Å². The summed E-state index contributed by atoms with van der Waals surface area (Å²) in [4.78, 5) is 24.8. The van der Waals surface area contributed by atoms with E-state index in [9.17, 15) is 9.59 Å². The third-order valence-electron chi connectivity index (χ3n) is 3.29. The number of anilines is 1. The average molecular weight is 262 g/mol. The number of nitrogens with zero attached hydrogens (tertiary/aromatic N) is 1. The summed E-state index contributed by atoms with van der Waals surface area (Å²) in [7, 11) is 0. The molecule has 6 nitrogen and oxygen atoms in total. The number of urea groups is 1. The van der Waals surface area contributed by atoms with E-state index in [-0.39, 0.29) is 11.9 Å². The predicted octanol–water partition coefficient (Wildman–Crippen LogP) is 0.542. The van der Waals surface area contributed by atoms with Crippen LogP contribution < -0.4 is 16.8 Å². The molecule has 0 atom stereocenters. The van der Waals surface area contributed by atoms with Gasteiger partial charge in [-0.25, -0.2) is 4.79 Å². The molecule has 1 aliphatic heterocycles. The molecule has 0 aromatic heterocycles. The van der Waals surface area contributed by atoms with Crippen LogP contribution in [0.2, 0.25) is 0 Å². The third kappa shape index (κ3) is 3.37. The van der Waals surface area contributed by atoms with Gasteiger partial charge in [-0.05, 0) is 37.1 Å². The number of piperidine rings is 1. The lowest BCUT2D eigenvalue weighted by Crippen LogP contribution is -2.47. The Morgan fingerprint density at radius 1 is 1.16 bits per heavy atom. The Bertz CT molecular complexity index is 464. The number of hydrogen-bond acceptors (Lipinski definition) is 3. The van der Waals surface area contributed by atoms with Crippen molar-refractivity contribution >= 4 is 17.6 Å². The van der Waals surface area contributed by atoms with Crippen molar-refractivity contribution in [1.29, 1.82) is 0 Å². The average Bonchev–Trinajstić information content (AvgIpc) is 2.39. The summed E-state index contributed by atoms with van der Waals surface area (Å²) in [5.74, 6) is -0.00229. The predicted molar refractivity (Wildman–Crippen MR) is 72.5 cm³/mol. The van der Waals surface area contributed by atoms with Crippen LogP contribution in [0.15, 0.2) is 24.3 Å². The fourth-order valence-electron chi connectivity index (χ4n) is 2.24. The summed E-state index contributed by atoms with van der Waals surface area (Å²) in [5, 5.41) is 2.67. The first-order chi connectivity index (χ1) is 9.06. The molecular formula is C13H18N4O2. The zero-order valence-electron chi connectivity index (χ0n) is 10.6. The number of nitrogens with two attached hydrogens (primary N) is 2. The molecule has 1 aliphatic rings. The molecular weight excluding hydrogens is 244 g/mol. The second-order valence-corrected chi connectivity index (χ2v) is 4.70. The van der Waals surface area contributed by atoms with Gasteiger partial charge in [0.2, 0.25) is 0 Å². The molecule has 102 valence electrons. The van der Waals surface area contributed by atoms with E-state index < -0.39 is 6.03 Å². The van der Waals surface area contributed by atoms with Crippen molar-refractivity contribution in [2.45, 2.75) is 18.9 Å². The maximum absolute atomic E-state index is 12.2. The summed E-state index contributed by atoms with van der Waals surface area (Å²) in [6.07, 6.45) is 1.45. The van der Waals surface area contributed by atoms with Gasteiger partial charge in [-0.3, -0.25) is 4.79 Å². The smallest absolute Gasteiger partial charge is 0.312 e. The summed E-state index contributed by atoms with van der Waals surface area (Å²) >= 11 is 0. The van der Waals surface area contributed by atoms with Crippen molar-refractivity contribution in [3.63, 3.8) is 0 Å². The van der Waals surface area contributed by atoms with Crippen LogP contribution in [-0.4, -0.2) is 36.0 Å². The molecule has 0 aliphatic carbocycles. The van der Waals surface area contributed by atoms with E-state index in [1.54, 1.807) is 29.2 Å². The van der Waals surface area contributed by atoms with Crippen molar-refractivity contribution in [1.82, 2.24) is 10.2 Å². The van der Waals surface area contributed by atoms with E-state index in [0.717, 1.165) is 12.8 Å². The maximum atomic E-state index is 12.2. The highest BCUT2D eigenvalue weighted by Gasteiger charge is 2.23. The van der Waals surface area contributed by atoms with Gasteiger partial charge in [-0.1, -0.05) is 0 Å². The standard InChI is InChI=1S/C13H18N4O2/c14-10-3-1-9(2-4-10)12(18)17-7-5-11(6-8-17)16-13(15)19/h1-4,11H,5-8,14H2,(H3,15,16,19). The van der Waals surface area contributed by atoms with Gasteiger partial charge in [-0.2, -0.15) is 0 Å². The number of amides is 3. The minimum Gasteiger partial charge on any atom is -0.399 e. The Balaban J connectivity index is 1.92. The maximum Gasteiger partial charge on any atom is 0.312 e. The van der Waals surface area contributed by atoms with Crippen LogP contribution >= 0.6 is 0 Å². The van der Waals surface area contributed by atoms with E-state index in [2.05, 4.69) is 5.32 Å². The van der Waals surface area contributed by atoms with E-state index in [1.807, 2.05) is 0 Å². The summed E-state index contributed by atoms with van der Waals surface area (Å²) in [5.41, 5.74) is 11.9. The molecule has 1 aromatic carbocycles. The van der Waals surface area contributed by atoms with Crippen LogP contribution in [-0.2, 0) is 0 Å². The second-order valence-electron chi connectivity index (χ2n) is 4.70. The normalized spacial score (nSPS) is 16.1. The fourth-order valence-corrected chi connectivity index (χ4v) is 2.24. The number of carbonyl (C=O) groups is 2. The third-order valence-corrected chi connectivity index (χ3v) is 3.29. The van der Waals surface area contributed by atoms with Crippen LogP contribution in [0.5, 0.6) is 0 Å². The number of carbonyl (C=O) groups excluding carboxylic acids is 2. The van der Waals surface area contributed by atoms with Crippen LogP contribution in [0, 0.1) is 0 Å². The minimum atomic E-state index is -0.511. The van der Waals surface area contributed by atoms with Gasteiger partial charge in [0.1, 0.15) is 0 Å². The Labute approximate surface area is 111 Å². The number of primary amides is 1. The zero-order chi connectivity index (χ0) is 13.8. The molecule has 0 bridgehead atoms. The Kier molecular flexibility index (Phi) is 3.89. The highest BCUT2D eigenvalue weighted by Crippen LogP contribution is 2.15. The van der Waals surface area contributed by atoms with Crippen molar-refractivity contribution in [2.24, 2.45) is 5.73 Å². The summed E-state index contributed by atoms with van der Waals surface area (Å²) in [6, 6.07) is 6.44. The lowest BCUT2D eigenvalue weighted by Gasteiger charge is -2.32. The molecule has 1 aromatic rings. The fraction of sp³-hybridized carbons (Fsp3) is 0.385. The number of likely N-dealkylation sites (tertiary alicyclic amines) is 1. The van der Waals surface area contributed by atoms with Crippen LogP contribution in [0.4, 0.5) is 10.5 Å². The SMILES string of the molecule is NC(=O)NC1CCN(C(=O)c2ccc(N)cc2)CC1. The molecule has 5 N–H and O–H groups in total. The second kappa shape index (κ2) is 5.60. The lowest BCUT2D eigenvalue weighted by atomic mass is 10.0. The molecule has 0 unspecified atom stereocenters. The van der Waals surface area contributed by atoms with Gasteiger partial charge >= 0.3 is 6.03 Å². The molecule has 6 heteroatoms. The molecule has 3 amide bonds. The molecule has 1 fully saturated rings. The number of hydrogen-bond donors (Lipinski definition) is 3. The molecule has 0 saturated carbocycles. The number of rotatable bonds is 2. The zero-order valence-corrected chi connectivity index (χ0v) is 10.6. The van der Waals surface area contributed by atoms with Gasteiger partial charge in [-0.15, -0.1) is 0 Å². The molecule has 19 heavy (non-hydrogen) atoms. The summed E-state index contributed by atoms with van der Waals surface area (Å²) in [6.45, 7) is 1.24. The van der Waals surface area contributed by atoms with Crippen molar-refractivity contribution < 1.29 is 9.59 Å². The quantitative estimate of drug-likeness (QED) is 0.678. The first-order valence-electron chi connectivity index (χ1n) is 6.27. The number of nitrogens with one attached hydrogen (secondary N) is 1. The van der Waals surface area contributed by atoms with Crippen LogP contribution in [0.1, 0.15) is 23.2 Å². The Hall–Kier alpha value is -2.24.